The fourth-order valence-electron chi connectivity index (χ4n) is 1.85. The second-order valence-electron chi connectivity index (χ2n) is 4.12. The third kappa shape index (κ3) is 2.73. The van der Waals surface area contributed by atoms with Gasteiger partial charge < -0.3 is 0 Å². The summed E-state index contributed by atoms with van der Waals surface area (Å²) in [5.41, 5.74) is 1.17. The minimum absolute atomic E-state index is 0.790. The molecule has 0 atom stereocenters. The van der Waals surface area contributed by atoms with Gasteiger partial charge in [-0.1, -0.05) is 37.4 Å². The van der Waals surface area contributed by atoms with Crippen molar-refractivity contribution in [3.05, 3.63) is 41.2 Å². The summed E-state index contributed by atoms with van der Waals surface area (Å²) < 4.78 is 0. The first-order valence-electron chi connectivity index (χ1n) is 5.84. The fraction of sp³-hybridized carbons (Fsp3) is 0.357. The molecule has 16 heavy (non-hydrogen) atoms. The van der Waals surface area contributed by atoms with E-state index in [1.807, 2.05) is 24.4 Å². The molecule has 0 N–H and O–H groups in total. The summed E-state index contributed by atoms with van der Waals surface area (Å²) in [6.45, 7) is 2.22. The van der Waals surface area contributed by atoms with E-state index in [1.165, 1.54) is 30.3 Å². The Kier molecular flexibility index (Phi) is 3.79. The smallest absolute Gasteiger partial charge is 0.0412 e. The van der Waals surface area contributed by atoms with Crippen LogP contribution >= 0.6 is 11.6 Å². The topological polar surface area (TPSA) is 12.9 Å². The molecule has 0 radical (unpaired) electrons. The number of nitrogens with zero attached hydrogens (tertiary/aromatic N) is 1. The van der Waals surface area contributed by atoms with Gasteiger partial charge in [0.2, 0.25) is 0 Å². The zero-order valence-corrected chi connectivity index (χ0v) is 10.3. The monoisotopic (exact) mass is 233 g/mol. The molecule has 1 heterocycles. The van der Waals surface area contributed by atoms with Crippen molar-refractivity contribution in [1.82, 2.24) is 4.98 Å². The average molecular weight is 234 g/mol. The lowest BCUT2D eigenvalue weighted by Crippen LogP contribution is -1.90. The van der Waals surface area contributed by atoms with Gasteiger partial charge in [-0.2, -0.15) is 0 Å². The number of hydrogen-bond donors (Lipinski definition) is 0. The standard InChI is InChI=1S/C14H16ClN/c1-2-3-4-5-14-9-12-8-13(15)7-6-11(12)10-16-14/h6-10H,2-5H2,1H3. The van der Waals surface area contributed by atoms with Gasteiger partial charge in [0.15, 0.2) is 0 Å². The van der Waals surface area contributed by atoms with Crippen LogP contribution in [0.4, 0.5) is 0 Å². The molecule has 0 unspecified atom stereocenters. The molecule has 1 nitrogen and oxygen atoms in total. The van der Waals surface area contributed by atoms with Crippen LogP contribution in [-0.4, -0.2) is 4.98 Å². The van der Waals surface area contributed by atoms with E-state index >= 15 is 0 Å². The highest BCUT2D eigenvalue weighted by Gasteiger charge is 1.99. The summed E-state index contributed by atoms with van der Waals surface area (Å²) in [4.78, 5) is 4.47. The van der Waals surface area contributed by atoms with Crippen LogP contribution in [0, 0.1) is 0 Å². The number of aromatic nitrogens is 1. The molecule has 0 aliphatic carbocycles. The SMILES string of the molecule is CCCCCc1cc2cc(Cl)ccc2cn1. The molecular weight excluding hydrogens is 218 g/mol. The van der Waals surface area contributed by atoms with Gasteiger partial charge in [0.1, 0.15) is 0 Å². The van der Waals surface area contributed by atoms with Crippen molar-refractivity contribution < 1.29 is 0 Å². The number of hydrogen-bond acceptors (Lipinski definition) is 1. The summed E-state index contributed by atoms with van der Waals surface area (Å²) in [6.07, 6.45) is 6.74. The average Bonchev–Trinajstić information content (AvgIpc) is 2.29. The molecule has 84 valence electrons. The Bertz CT molecular complexity index is 479. The van der Waals surface area contributed by atoms with Gasteiger partial charge in [-0.15, -0.1) is 0 Å². The maximum atomic E-state index is 5.98. The van der Waals surface area contributed by atoms with E-state index in [0.29, 0.717) is 0 Å². The predicted octanol–water partition coefficient (Wildman–Crippen LogP) is 4.62. The molecule has 0 fully saturated rings. The summed E-state index contributed by atoms with van der Waals surface area (Å²) in [6, 6.07) is 8.07. The van der Waals surface area contributed by atoms with E-state index in [-0.39, 0.29) is 0 Å². The van der Waals surface area contributed by atoms with Gasteiger partial charge in [-0.3, -0.25) is 4.98 Å². The van der Waals surface area contributed by atoms with E-state index in [4.69, 9.17) is 11.6 Å². The third-order valence-corrected chi connectivity index (χ3v) is 3.01. The van der Waals surface area contributed by atoms with Crippen LogP contribution < -0.4 is 0 Å². The van der Waals surface area contributed by atoms with E-state index in [2.05, 4.69) is 18.0 Å². The summed E-state index contributed by atoms with van der Waals surface area (Å²) in [5, 5.41) is 3.14. The van der Waals surface area contributed by atoms with Crippen LogP contribution in [0.25, 0.3) is 10.8 Å². The van der Waals surface area contributed by atoms with E-state index < -0.39 is 0 Å². The van der Waals surface area contributed by atoms with Crippen LogP contribution in [-0.2, 0) is 6.42 Å². The molecule has 0 aliphatic rings. The zero-order valence-electron chi connectivity index (χ0n) is 9.54. The Morgan fingerprint density at radius 1 is 1.12 bits per heavy atom. The normalized spacial score (nSPS) is 10.9. The van der Waals surface area contributed by atoms with Gasteiger partial charge >= 0.3 is 0 Å². The number of benzene rings is 1. The third-order valence-electron chi connectivity index (χ3n) is 2.78. The summed E-state index contributed by atoms with van der Waals surface area (Å²) in [7, 11) is 0. The molecule has 0 spiro atoms. The van der Waals surface area contributed by atoms with E-state index in [9.17, 15) is 0 Å². The van der Waals surface area contributed by atoms with E-state index in [1.54, 1.807) is 0 Å². The molecule has 2 rings (SSSR count). The molecular formula is C14H16ClN. The summed E-state index contributed by atoms with van der Waals surface area (Å²) >= 11 is 5.98. The quantitative estimate of drug-likeness (QED) is 0.703. The van der Waals surface area contributed by atoms with E-state index in [0.717, 1.165) is 16.8 Å². The molecule has 2 heteroatoms. The van der Waals surface area contributed by atoms with Crippen molar-refractivity contribution in [1.29, 1.82) is 0 Å². The Labute approximate surface area is 101 Å². The second-order valence-corrected chi connectivity index (χ2v) is 4.56. The van der Waals surface area contributed by atoms with Crippen molar-refractivity contribution >= 4 is 22.4 Å². The Hall–Kier alpha value is -1.08. The number of rotatable bonds is 4. The van der Waals surface area contributed by atoms with Crippen LogP contribution in [0.2, 0.25) is 5.02 Å². The second kappa shape index (κ2) is 5.31. The number of unbranched alkanes of at least 4 members (excludes halogenated alkanes) is 2. The molecule has 0 aliphatic heterocycles. The molecule has 0 saturated carbocycles. The molecule has 1 aromatic heterocycles. The van der Waals surface area contributed by atoms with Crippen molar-refractivity contribution in [3.8, 4) is 0 Å². The van der Waals surface area contributed by atoms with Crippen LogP contribution in [0.15, 0.2) is 30.5 Å². The lowest BCUT2D eigenvalue weighted by Gasteiger charge is -2.03. The minimum atomic E-state index is 0.790. The Balaban J connectivity index is 2.21. The number of fused-ring (bicyclic) bond motifs is 1. The van der Waals surface area contributed by atoms with Crippen LogP contribution in [0.1, 0.15) is 31.9 Å². The van der Waals surface area contributed by atoms with Crippen molar-refractivity contribution in [2.75, 3.05) is 0 Å². The Morgan fingerprint density at radius 3 is 2.81 bits per heavy atom. The van der Waals surface area contributed by atoms with Crippen LogP contribution in [0.5, 0.6) is 0 Å². The summed E-state index contributed by atoms with van der Waals surface area (Å²) in [5.74, 6) is 0. The molecule has 2 aromatic rings. The maximum absolute atomic E-state index is 5.98. The first-order chi connectivity index (χ1) is 7.79. The van der Waals surface area contributed by atoms with Crippen LogP contribution in [0.3, 0.4) is 0 Å². The minimum Gasteiger partial charge on any atom is -0.261 e. The van der Waals surface area contributed by atoms with Gasteiger partial charge in [-0.05, 0) is 36.4 Å². The number of aryl methyl sites for hydroxylation is 1. The van der Waals surface area contributed by atoms with Gasteiger partial charge in [0.25, 0.3) is 0 Å². The highest BCUT2D eigenvalue weighted by Crippen LogP contribution is 2.19. The maximum Gasteiger partial charge on any atom is 0.0412 e. The van der Waals surface area contributed by atoms with Gasteiger partial charge in [0.05, 0.1) is 0 Å². The first kappa shape index (κ1) is 11.4. The van der Waals surface area contributed by atoms with Crippen molar-refractivity contribution in [3.63, 3.8) is 0 Å². The Morgan fingerprint density at radius 2 is 2.00 bits per heavy atom. The zero-order chi connectivity index (χ0) is 11.4. The lowest BCUT2D eigenvalue weighted by molar-refractivity contribution is 0.708. The van der Waals surface area contributed by atoms with Crippen molar-refractivity contribution in [2.45, 2.75) is 32.6 Å². The predicted molar refractivity (Wildman–Crippen MR) is 70.0 cm³/mol. The highest BCUT2D eigenvalue weighted by atomic mass is 35.5. The molecule has 0 amide bonds. The van der Waals surface area contributed by atoms with Crippen molar-refractivity contribution in [2.24, 2.45) is 0 Å². The number of pyridine rings is 1. The first-order valence-corrected chi connectivity index (χ1v) is 6.21. The largest absolute Gasteiger partial charge is 0.261 e. The van der Waals surface area contributed by atoms with Gasteiger partial charge in [-0.25, -0.2) is 0 Å². The fourth-order valence-corrected chi connectivity index (χ4v) is 2.03. The lowest BCUT2D eigenvalue weighted by atomic mass is 10.1. The molecule has 1 aromatic carbocycles. The highest BCUT2D eigenvalue weighted by molar-refractivity contribution is 6.31. The number of halogens is 1. The molecule has 0 bridgehead atoms. The van der Waals surface area contributed by atoms with Gasteiger partial charge in [0, 0.05) is 22.3 Å². The molecule has 0 saturated heterocycles.